The van der Waals surface area contributed by atoms with E-state index < -0.39 is 4.92 Å². The van der Waals surface area contributed by atoms with Crippen LogP contribution < -0.4 is 15.0 Å². The van der Waals surface area contributed by atoms with E-state index in [1.165, 1.54) is 6.07 Å². The Morgan fingerprint density at radius 3 is 2.83 bits per heavy atom. The molecule has 1 aliphatic heterocycles. The SMILES string of the molecule is CCN1CC(CN(C)CC(=O)Nc2ccc(C)cc2[N+](=O)[O-])Oc2ccccc21. The molecule has 0 fully saturated rings. The molecule has 2 aromatic rings. The molecule has 0 saturated carbocycles. The molecule has 8 nitrogen and oxygen atoms in total. The Bertz CT molecular complexity index is 902. The third kappa shape index (κ3) is 5.03. The Morgan fingerprint density at radius 1 is 1.34 bits per heavy atom. The van der Waals surface area contributed by atoms with Gasteiger partial charge in [-0.05, 0) is 44.7 Å². The summed E-state index contributed by atoms with van der Waals surface area (Å²) >= 11 is 0. The van der Waals surface area contributed by atoms with Crippen molar-refractivity contribution >= 4 is 23.0 Å². The Kier molecular flexibility index (Phi) is 6.33. The maximum absolute atomic E-state index is 12.4. The van der Waals surface area contributed by atoms with Gasteiger partial charge >= 0.3 is 0 Å². The first-order valence-electron chi connectivity index (χ1n) is 9.61. The third-order valence-corrected chi connectivity index (χ3v) is 4.86. The smallest absolute Gasteiger partial charge is 0.293 e. The number of nitro groups is 1. The summed E-state index contributed by atoms with van der Waals surface area (Å²) in [7, 11) is 1.84. The average molecular weight is 398 g/mol. The van der Waals surface area contributed by atoms with Crippen molar-refractivity contribution in [2.75, 3.05) is 43.4 Å². The zero-order valence-corrected chi connectivity index (χ0v) is 16.9. The van der Waals surface area contributed by atoms with Gasteiger partial charge in [-0.1, -0.05) is 18.2 Å². The summed E-state index contributed by atoms with van der Waals surface area (Å²) in [6.45, 7) is 6.16. The molecule has 154 valence electrons. The summed E-state index contributed by atoms with van der Waals surface area (Å²) in [5.74, 6) is 0.543. The number of fused-ring (bicyclic) bond motifs is 1. The van der Waals surface area contributed by atoms with Crippen LogP contribution in [0.25, 0.3) is 0 Å². The van der Waals surface area contributed by atoms with E-state index in [-0.39, 0.29) is 29.9 Å². The Hall–Kier alpha value is -3.13. The van der Waals surface area contributed by atoms with Crippen molar-refractivity contribution in [1.82, 2.24) is 4.90 Å². The van der Waals surface area contributed by atoms with E-state index in [0.717, 1.165) is 30.1 Å². The highest BCUT2D eigenvalue weighted by molar-refractivity contribution is 5.94. The molecule has 0 bridgehead atoms. The first-order chi connectivity index (χ1) is 13.9. The molecule has 8 heteroatoms. The number of rotatable bonds is 7. The summed E-state index contributed by atoms with van der Waals surface area (Å²) in [6, 6.07) is 12.7. The van der Waals surface area contributed by atoms with Crippen LogP contribution in [0.1, 0.15) is 12.5 Å². The number of carbonyl (C=O) groups excluding carboxylic acids is 1. The lowest BCUT2D eigenvalue weighted by molar-refractivity contribution is -0.384. The standard InChI is InChI=1S/C21H26N4O4/c1-4-24-13-16(29-20-8-6-5-7-18(20)24)12-23(3)14-21(26)22-17-10-9-15(2)11-19(17)25(27)28/h5-11,16H,4,12-14H2,1-3H3,(H,22,26). The highest BCUT2D eigenvalue weighted by Gasteiger charge is 2.26. The quantitative estimate of drug-likeness (QED) is 0.570. The van der Waals surface area contributed by atoms with Gasteiger partial charge in [-0.3, -0.25) is 19.8 Å². The van der Waals surface area contributed by atoms with E-state index in [4.69, 9.17) is 4.74 Å². The number of nitro benzene ring substituents is 1. The van der Waals surface area contributed by atoms with Crippen LogP contribution in [0.3, 0.4) is 0 Å². The number of nitrogens with one attached hydrogen (secondary N) is 1. The highest BCUT2D eigenvalue weighted by atomic mass is 16.6. The largest absolute Gasteiger partial charge is 0.485 e. The van der Waals surface area contributed by atoms with Crippen molar-refractivity contribution in [2.24, 2.45) is 0 Å². The fourth-order valence-corrected chi connectivity index (χ4v) is 3.52. The topological polar surface area (TPSA) is 88.0 Å². The second-order valence-electron chi connectivity index (χ2n) is 7.27. The van der Waals surface area contributed by atoms with Gasteiger partial charge in [-0.2, -0.15) is 0 Å². The molecule has 0 aliphatic carbocycles. The van der Waals surface area contributed by atoms with Crippen LogP contribution in [0.2, 0.25) is 0 Å². The first-order valence-corrected chi connectivity index (χ1v) is 9.61. The lowest BCUT2D eigenvalue weighted by atomic mass is 10.2. The number of hydrogen-bond donors (Lipinski definition) is 1. The van der Waals surface area contributed by atoms with Crippen LogP contribution in [-0.4, -0.2) is 55.1 Å². The fraction of sp³-hybridized carbons (Fsp3) is 0.381. The molecule has 0 spiro atoms. The molecule has 0 saturated heterocycles. The van der Waals surface area contributed by atoms with Crippen molar-refractivity contribution in [3.63, 3.8) is 0 Å². The van der Waals surface area contributed by atoms with Gasteiger partial charge in [-0.25, -0.2) is 0 Å². The highest BCUT2D eigenvalue weighted by Crippen LogP contribution is 2.32. The molecule has 0 aromatic heterocycles. The van der Waals surface area contributed by atoms with Gasteiger partial charge in [0.2, 0.25) is 5.91 Å². The minimum Gasteiger partial charge on any atom is -0.485 e. The van der Waals surface area contributed by atoms with Crippen molar-refractivity contribution < 1.29 is 14.5 Å². The Morgan fingerprint density at radius 2 is 2.10 bits per heavy atom. The van der Waals surface area contributed by atoms with Crippen molar-refractivity contribution in [3.8, 4) is 5.75 Å². The zero-order chi connectivity index (χ0) is 21.0. The summed E-state index contributed by atoms with van der Waals surface area (Å²) in [6.07, 6.45) is -0.0728. The number of nitrogens with zero attached hydrogens (tertiary/aromatic N) is 3. The van der Waals surface area contributed by atoms with Gasteiger partial charge in [-0.15, -0.1) is 0 Å². The third-order valence-electron chi connectivity index (χ3n) is 4.86. The van der Waals surface area contributed by atoms with Gasteiger partial charge in [0.25, 0.3) is 5.69 Å². The number of amides is 1. The maximum atomic E-state index is 12.4. The number of carbonyl (C=O) groups is 1. The van der Waals surface area contributed by atoms with Crippen LogP contribution in [0.5, 0.6) is 5.75 Å². The van der Waals surface area contributed by atoms with E-state index in [9.17, 15) is 14.9 Å². The van der Waals surface area contributed by atoms with E-state index in [1.807, 2.05) is 36.2 Å². The average Bonchev–Trinajstić information content (AvgIpc) is 2.68. The second kappa shape index (κ2) is 8.91. The number of aryl methyl sites for hydroxylation is 1. The summed E-state index contributed by atoms with van der Waals surface area (Å²) < 4.78 is 6.09. The van der Waals surface area contributed by atoms with Gasteiger partial charge in [0.1, 0.15) is 17.5 Å². The van der Waals surface area contributed by atoms with Gasteiger partial charge in [0, 0.05) is 19.2 Å². The molecule has 3 rings (SSSR count). The molecule has 29 heavy (non-hydrogen) atoms. The molecule has 1 N–H and O–H groups in total. The number of anilines is 2. The monoisotopic (exact) mass is 398 g/mol. The number of benzene rings is 2. The number of likely N-dealkylation sites (N-methyl/N-ethyl adjacent to an activating group) is 2. The predicted octanol–water partition coefficient (Wildman–Crippen LogP) is 3.06. The van der Waals surface area contributed by atoms with Gasteiger partial charge in [0.15, 0.2) is 0 Å². The minimum atomic E-state index is -0.487. The van der Waals surface area contributed by atoms with Gasteiger partial charge < -0.3 is 15.0 Å². The summed E-state index contributed by atoms with van der Waals surface area (Å²) in [5, 5.41) is 13.9. The van der Waals surface area contributed by atoms with Crippen molar-refractivity contribution in [2.45, 2.75) is 20.0 Å². The molecule has 1 unspecified atom stereocenters. The Labute approximate surface area is 170 Å². The molecular formula is C21H26N4O4. The number of para-hydroxylation sites is 2. The van der Waals surface area contributed by atoms with Crippen molar-refractivity contribution in [3.05, 3.63) is 58.1 Å². The normalized spacial score (nSPS) is 15.6. The number of hydrogen-bond acceptors (Lipinski definition) is 6. The molecule has 1 aliphatic rings. The van der Waals surface area contributed by atoms with Gasteiger partial charge in [0.05, 0.1) is 23.7 Å². The van der Waals surface area contributed by atoms with E-state index in [1.54, 1.807) is 19.1 Å². The zero-order valence-electron chi connectivity index (χ0n) is 16.9. The van der Waals surface area contributed by atoms with Crippen LogP contribution in [-0.2, 0) is 4.79 Å². The van der Waals surface area contributed by atoms with Crippen LogP contribution >= 0.6 is 0 Å². The van der Waals surface area contributed by atoms with Crippen molar-refractivity contribution in [1.29, 1.82) is 0 Å². The fourth-order valence-electron chi connectivity index (χ4n) is 3.52. The molecular weight excluding hydrogens is 372 g/mol. The molecule has 2 aromatic carbocycles. The molecule has 1 atom stereocenters. The summed E-state index contributed by atoms with van der Waals surface area (Å²) in [5.41, 5.74) is 1.95. The van der Waals surface area contributed by atoms with Crippen LogP contribution in [0.4, 0.5) is 17.1 Å². The lowest BCUT2D eigenvalue weighted by Crippen LogP contribution is -2.46. The van der Waals surface area contributed by atoms with E-state index >= 15 is 0 Å². The van der Waals surface area contributed by atoms with Crippen LogP contribution in [0.15, 0.2) is 42.5 Å². The molecule has 1 heterocycles. The Balaban J connectivity index is 1.59. The van der Waals surface area contributed by atoms with E-state index in [0.29, 0.717) is 6.54 Å². The minimum absolute atomic E-state index is 0.0728. The predicted molar refractivity (Wildman–Crippen MR) is 113 cm³/mol. The summed E-state index contributed by atoms with van der Waals surface area (Å²) in [4.78, 5) is 27.3. The lowest BCUT2D eigenvalue weighted by Gasteiger charge is -2.37. The van der Waals surface area contributed by atoms with E-state index in [2.05, 4.69) is 17.1 Å². The molecule has 0 radical (unpaired) electrons. The second-order valence-corrected chi connectivity index (χ2v) is 7.27. The maximum Gasteiger partial charge on any atom is 0.293 e. The first kappa shape index (κ1) is 20.6. The van der Waals surface area contributed by atoms with Crippen LogP contribution in [0, 0.1) is 17.0 Å². The molecule has 1 amide bonds. The number of ether oxygens (including phenoxy) is 1.